The molecule has 1 amide bonds. The Hall–Kier alpha value is -0.400. The SMILES string of the molecule is Cl.Cl.O=C(CC1CNCCO1)NCc1cscn1. The highest BCUT2D eigenvalue weighted by Gasteiger charge is 2.16. The van der Waals surface area contributed by atoms with Gasteiger partial charge in [-0.1, -0.05) is 0 Å². The quantitative estimate of drug-likeness (QED) is 0.870. The third-order valence-corrected chi connectivity index (χ3v) is 3.00. The highest BCUT2D eigenvalue weighted by atomic mass is 35.5. The van der Waals surface area contributed by atoms with Crippen LogP contribution in [0.2, 0.25) is 0 Å². The van der Waals surface area contributed by atoms with E-state index in [2.05, 4.69) is 15.6 Å². The van der Waals surface area contributed by atoms with Gasteiger partial charge in [-0.2, -0.15) is 0 Å². The molecule has 2 heterocycles. The van der Waals surface area contributed by atoms with Crippen LogP contribution >= 0.6 is 36.2 Å². The predicted molar refractivity (Wildman–Crippen MR) is 75.7 cm³/mol. The molecular weight excluding hydrogens is 297 g/mol. The number of nitrogens with one attached hydrogen (secondary N) is 2. The minimum absolute atomic E-state index is 0. The molecule has 1 aromatic heterocycles. The van der Waals surface area contributed by atoms with Crippen LogP contribution in [0.4, 0.5) is 0 Å². The van der Waals surface area contributed by atoms with Gasteiger partial charge in [0.15, 0.2) is 0 Å². The van der Waals surface area contributed by atoms with E-state index in [1.54, 1.807) is 5.51 Å². The summed E-state index contributed by atoms with van der Waals surface area (Å²) in [6.07, 6.45) is 0.418. The number of morpholine rings is 1. The smallest absolute Gasteiger partial charge is 0.222 e. The molecule has 1 aliphatic heterocycles. The van der Waals surface area contributed by atoms with Crippen molar-refractivity contribution in [2.45, 2.75) is 19.1 Å². The second kappa shape index (κ2) is 9.52. The first kappa shape index (κ1) is 17.6. The van der Waals surface area contributed by atoms with Gasteiger partial charge in [0.1, 0.15) is 0 Å². The van der Waals surface area contributed by atoms with Crippen LogP contribution in [0.15, 0.2) is 10.9 Å². The summed E-state index contributed by atoms with van der Waals surface area (Å²) in [5.74, 6) is 0.0155. The van der Waals surface area contributed by atoms with Crippen LogP contribution in [0.3, 0.4) is 0 Å². The van der Waals surface area contributed by atoms with Gasteiger partial charge in [-0.3, -0.25) is 4.79 Å². The third kappa shape index (κ3) is 5.97. The molecule has 1 aliphatic rings. The lowest BCUT2D eigenvalue weighted by atomic mass is 10.2. The van der Waals surface area contributed by atoms with Crippen LogP contribution in [0, 0.1) is 0 Å². The molecule has 1 aromatic rings. The molecule has 104 valence electrons. The van der Waals surface area contributed by atoms with Gasteiger partial charge >= 0.3 is 0 Å². The van der Waals surface area contributed by atoms with Crippen molar-refractivity contribution in [2.75, 3.05) is 19.7 Å². The van der Waals surface area contributed by atoms with Crippen LogP contribution in [0.5, 0.6) is 0 Å². The number of carbonyl (C=O) groups excluding carboxylic acids is 1. The molecule has 0 radical (unpaired) electrons. The molecule has 0 bridgehead atoms. The number of hydrogen-bond acceptors (Lipinski definition) is 5. The van der Waals surface area contributed by atoms with Crippen LogP contribution in [-0.4, -0.2) is 36.7 Å². The molecule has 8 heteroatoms. The summed E-state index contributed by atoms with van der Waals surface area (Å²) in [5.41, 5.74) is 2.66. The highest BCUT2D eigenvalue weighted by Crippen LogP contribution is 2.03. The molecule has 0 aliphatic carbocycles. The lowest BCUT2D eigenvalue weighted by Gasteiger charge is -2.22. The number of halogens is 2. The Labute approximate surface area is 123 Å². The van der Waals surface area contributed by atoms with Gasteiger partial charge < -0.3 is 15.4 Å². The van der Waals surface area contributed by atoms with E-state index in [4.69, 9.17) is 4.74 Å². The second-order valence-corrected chi connectivity index (χ2v) is 4.38. The normalized spacial score (nSPS) is 18.3. The number of aromatic nitrogens is 1. The molecule has 0 spiro atoms. The van der Waals surface area contributed by atoms with Crippen molar-refractivity contribution in [1.29, 1.82) is 0 Å². The topological polar surface area (TPSA) is 63.2 Å². The summed E-state index contributed by atoms with van der Waals surface area (Å²) in [6, 6.07) is 0. The number of rotatable bonds is 4. The second-order valence-electron chi connectivity index (χ2n) is 3.66. The number of hydrogen-bond donors (Lipinski definition) is 2. The van der Waals surface area contributed by atoms with Crippen molar-refractivity contribution in [1.82, 2.24) is 15.6 Å². The molecule has 0 saturated carbocycles. The number of nitrogens with zero attached hydrogens (tertiary/aromatic N) is 1. The molecule has 1 atom stereocenters. The first-order chi connectivity index (χ1) is 7.84. The molecule has 1 fully saturated rings. The van der Waals surface area contributed by atoms with E-state index in [1.807, 2.05) is 5.38 Å². The fourth-order valence-electron chi connectivity index (χ4n) is 1.54. The van der Waals surface area contributed by atoms with Gasteiger partial charge in [0.05, 0.1) is 36.9 Å². The fraction of sp³-hybridized carbons (Fsp3) is 0.600. The first-order valence-electron chi connectivity index (χ1n) is 5.30. The zero-order chi connectivity index (χ0) is 11.2. The van der Waals surface area contributed by atoms with Crippen LogP contribution in [-0.2, 0) is 16.1 Å². The number of thiazole rings is 1. The Morgan fingerprint density at radius 2 is 2.44 bits per heavy atom. The molecule has 1 saturated heterocycles. The van der Waals surface area contributed by atoms with E-state index in [0.717, 1.165) is 18.8 Å². The number of ether oxygens (including phenoxy) is 1. The van der Waals surface area contributed by atoms with Gasteiger partial charge in [0.2, 0.25) is 5.91 Å². The van der Waals surface area contributed by atoms with Crippen LogP contribution < -0.4 is 10.6 Å². The van der Waals surface area contributed by atoms with E-state index in [-0.39, 0.29) is 36.8 Å². The van der Waals surface area contributed by atoms with Gasteiger partial charge in [-0.25, -0.2) is 4.98 Å². The third-order valence-electron chi connectivity index (χ3n) is 2.37. The molecule has 1 unspecified atom stereocenters. The Morgan fingerprint density at radius 1 is 1.61 bits per heavy atom. The van der Waals surface area contributed by atoms with Crippen LogP contribution in [0.1, 0.15) is 12.1 Å². The minimum Gasteiger partial charge on any atom is -0.375 e. The molecule has 2 N–H and O–H groups in total. The van der Waals surface area contributed by atoms with Gasteiger partial charge in [-0.15, -0.1) is 36.2 Å². The average molecular weight is 314 g/mol. The Kier molecular flexibility index (Phi) is 9.31. The maximum atomic E-state index is 11.6. The number of amides is 1. The van der Waals surface area contributed by atoms with Crippen molar-refractivity contribution in [3.63, 3.8) is 0 Å². The monoisotopic (exact) mass is 313 g/mol. The Bertz CT molecular complexity index is 332. The van der Waals surface area contributed by atoms with Crippen molar-refractivity contribution >= 4 is 42.1 Å². The van der Waals surface area contributed by atoms with E-state index < -0.39 is 0 Å². The average Bonchev–Trinajstić information content (AvgIpc) is 2.81. The maximum absolute atomic E-state index is 11.6. The zero-order valence-electron chi connectivity index (χ0n) is 9.76. The standard InChI is InChI=1S/C10H15N3O2S.2ClH/c14-10(3-9-5-11-1-2-15-9)12-4-8-6-16-7-13-8;;/h6-7,9,11H,1-5H2,(H,12,14);2*1H. The van der Waals surface area contributed by atoms with Crippen molar-refractivity contribution < 1.29 is 9.53 Å². The van der Waals surface area contributed by atoms with Gasteiger partial charge in [-0.05, 0) is 0 Å². The summed E-state index contributed by atoms with van der Waals surface area (Å²) in [5, 5.41) is 7.95. The van der Waals surface area contributed by atoms with E-state index >= 15 is 0 Å². The Morgan fingerprint density at radius 3 is 3.06 bits per heavy atom. The maximum Gasteiger partial charge on any atom is 0.222 e. The molecule has 5 nitrogen and oxygen atoms in total. The summed E-state index contributed by atoms with van der Waals surface area (Å²) < 4.78 is 5.45. The van der Waals surface area contributed by atoms with E-state index in [1.165, 1.54) is 11.3 Å². The molecular formula is C10H17Cl2N3O2S. The largest absolute Gasteiger partial charge is 0.375 e. The van der Waals surface area contributed by atoms with Crippen molar-refractivity contribution in [3.05, 3.63) is 16.6 Å². The molecule has 0 aromatic carbocycles. The van der Waals surface area contributed by atoms with Crippen molar-refractivity contribution in [2.24, 2.45) is 0 Å². The summed E-state index contributed by atoms with van der Waals surface area (Å²) in [7, 11) is 0. The number of carbonyl (C=O) groups is 1. The summed E-state index contributed by atoms with van der Waals surface area (Å²) >= 11 is 1.53. The molecule has 2 rings (SSSR count). The minimum atomic E-state index is 0. The van der Waals surface area contributed by atoms with E-state index in [9.17, 15) is 4.79 Å². The Balaban J connectivity index is 0.00000144. The first-order valence-corrected chi connectivity index (χ1v) is 6.25. The summed E-state index contributed by atoms with van der Waals surface area (Å²) in [4.78, 5) is 15.7. The molecule has 18 heavy (non-hydrogen) atoms. The van der Waals surface area contributed by atoms with Gasteiger partial charge in [0.25, 0.3) is 0 Å². The highest BCUT2D eigenvalue weighted by molar-refractivity contribution is 7.07. The summed E-state index contributed by atoms with van der Waals surface area (Å²) in [6.45, 7) is 2.81. The van der Waals surface area contributed by atoms with Crippen molar-refractivity contribution in [3.8, 4) is 0 Å². The van der Waals surface area contributed by atoms with E-state index in [0.29, 0.717) is 19.6 Å². The predicted octanol–water partition coefficient (Wildman–Crippen LogP) is 0.981. The zero-order valence-corrected chi connectivity index (χ0v) is 12.2. The fourth-order valence-corrected chi connectivity index (χ4v) is 2.10. The lowest BCUT2D eigenvalue weighted by Crippen LogP contribution is -2.41. The van der Waals surface area contributed by atoms with Gasteiger partial charge in [0, 0.05) is 18.5 Å². The van der Waals surface area contributed by atoms with Crippen LogP contribution in [0.25, 0.3) is 0 Å². The lowest BCUT2D eigenvalue weighted by molar-refractivity contribution is -0.124.